The van der Waals surface area contributed by atoms with Crippen molar-refractivity contribution < 1.29 is 9.47 Å². The molecule has 0 bridgehead atoms. The van der Waals surface area contributed by atoms with Gasteiger partial charge in [0.1, 0.15) is 0 Å². The largest absolute Gasteiger partial charge is 0.493 e. The summed E-state index contributed by atoms with van der Waals surface area (Å²) in [5.74, 6) is 1.63. The average molecular weight is 341 g/mol. The van der Waals surface area contributed by atoms with E-state index in [1.165, 1.54) is 11.1 Å². The number of ether oxygens (including phenoxy) is 2. The maximum Gasteiger partial charge on any atom is 0.161 e. The Morgan fingerprint density at radius 3 is 2.80 bits per heavy atom. The van der Waals surface area contributed by atoms with Crippen molar-refractivity contribution in [3.05, 3.63) is 53.9 Å². The summed E-state index contributed by atoms with van der Waals surface area (Å²) in [6, 6.07) is 10.8. The molecular formula is C20H27N3O2. The quantitative estimate of drug-likeness (QED) is 0.839. The summed E-state index contributed by atoms with van der Waals surface area (Å²) in [5, 5.41) is 3.50. The number of nitrogens with zero attached hydrogens (tertiary/aromatic N) is 2. The van der Waals surface area contributed by atoms with Crippen molar-refractivity contribution in [2.45, 2.75) is 25.9 Å². The smallest absolute Gasteiger partial charge is 0.161 e. The zero-order chi connectivity index (χ0) is 17.5. The number of pyridine rings is 1. The van der Waals surface area contributed by atoms with Gasteiger partial charge in [-0.05, 0) is 41.8 Å². The third-order valence-electron chi connectivity index (χ3n) is 4.52. The number of nitrogens with one attached hydrogen (secondary N) is 1. The Labute approximate surface area is 150 Å². The summed E-state index contributed by atoms with van der Waals surface area (Å²) in [6.07, 6.45) is 4.72. The van der Waals surface area contributed by atoms with Crippen LogP contribution in [0.15, 0.2) is 42.7 Å². The lowest BCUT2D eigenvalue weighted by Gasteiger charge is -2.36. The number of hydrogen-bond acceptors (Lipinski definition) is 5. The third-order valence-corrected chi connectivity index (χ3v) is 4.52. The molecule has 1 saturated heterocycles. The first-order chi connectivity index (χ1) is 12.3. The van der Waals surface area contributed by atoms with Crippen LogP contribution in [-0.2, 0) is 6.54 Å². The van der Waals surface area contributed by atoms with Crippen LogP contribution in [-0.4, -0.2) is 43.2 Å². The van der Waals surface area contributed by atoms with Gasteiger partial charge in [-0.2, -0.15) is 0 Å². The van der Waals surface area contributed by atoms with Crippen LogP contribution in [0, 0.1) is 0 Å². The van der Waals surface area contributed by atoms with Crippen molar-refractivity contribution in [1.29, 1.82) is 0 Å². The van der Waals surface area contributed by atoms with Gasteiger partial charge in [-0.3, -0.25) is 9.88 Å². The minimum atomic E-state index is 0.360. The van der Waals surface area contributed by atoms with Gasteiger partial charge in [-0.15, -0.1) is 0 Å². The molecule has 0 amide bonds. The molecule has 0 radical (unpaired) electrons. The first-order valence-corrected chi connectivity index (χ1v) is 8.96. The van der Waals surface area contributed by atoms with Gasteiger partial charge < -0.3 is 14.8 Å². The summed E-state index contributed by atoms with van der Waals surface area (Å²) in [5.41, 5.74) is 2.55. The highest BCUT2D eigenvalue weighted by Crippen LogP contribution is 2.30. The molecule has 134 valence electrons. The Morgan fingerprint density at radius 1 is 1.20 bits per heavy atom. The zero-order valence-corrected chi connectivity index (χ0v) is 15.1. The fourth-order valence-electron chi connectivity index (χ4n) is 3.23. The van der Waals surface area contributed by atoms with Crippen LogP contribution in [0.25, 0.3) is 0 Å². The first-order valence-electron chi connectivity index (χ1n) is 8.96. The van der Waals surface area contributed by atoms with Gasteiger partial charge in [0.2, 0.25) is 0 Å². The molecular weight excluding hydrogens is 314 g/mol. The number of piperazine rings is 1. The van der Waals surface area contributed by atoms with E-state index < -0.39 is 0 Å². The minimum Gasteiger partial charge on any atom is -0.493 e. The average Bonchev–Trinajstić information content (AvgIpc) is 2.67. The van der Waals surface area contributed by atoms with Crippen molar-refractivity contribution in [1.82, 2.24) is 15.2 Å². The standard InChI is InChI=1S/C20H27N3O2/c1-3-12-25-20-13-16(4-5-19(20)24-2)15-23-11-10-22-14-18(23)17-6-8-21-9-7-17/h4-9,13,18,22H,3,10-12,14-15H2,1-2H3. The van der Waals surface area contributed by atoms with Gasteiger partial charge in [0.25, 0.3) is 0 Å². The molecule has 2 heterocycles. The van der Waals surface area contributed by atoms with Crippen molar-refractivity contribution in [3.63, 3.8) is 0 Å². The van der Waals surface area contributed by atoms with Gasteiger partial charge in [0.15, 0.2) is 11.5 Å². The minimum absolute atomic E-state index is 0.360. The number of hydrogen-bond donors (Lipinski definition) is 1. The Morgan fingerprint density at radius 2 is 2.04 bits per heavy atom. The molecule has 1 aromatic carbocycles. The van der Waals surface area contributed by atoms with E-state index in [1.54, 1.807) is 7.11 Å². The second kappa shape index (κ2) is 8.83. The molecule has 1 aliphatic rings. The molecule has 0 spiro atoms. The van der Waals surface area contributed by atoms with Gasteiger partial charge in [0.05, 0.1) is 13.7 Å². The molecule has 3 rings (SSSR count). The molecule has 1 fully saturated rings. The predicted octanol–water partition coefficient (Wildman–Crippen LogP) is 3.03. The van der Waals surface area contributed by atoms with E-state index in [-0.39, 0.29) is 0 Å². The zero-order valence-electron chi connectivity index (χ0n) is 15.1. The predicted molar refractivity (Wildman–Crippen MR) is 99.0 cm³/mol. The molecule has 1 aliphatic heterocycles. The van der Waals surface area contributed by atoms with E-state index in [9.17, 15) is 0 Å². The molecule has 5 heteroatoms. The number of rotatable bonds is 7. The lowest BCUT2D eigenvalue weighted by Crippen LogP contribution is -2.45. The maximum absolute atomic E-state index is 5.85. The third kappa shape index (κ3) is 4.50. The fraction of sp³-hybridized carbons (Fsp3) is 0.450. The van der Waals surface area contributed by atoms with E-state index in [1.807, 2.05) is 18.5 Å². The normalized spacial score (nSPS) is 18.1. The summed E-state index contributed by atoms with van der Waals surface area (Å²) in [4.78, 5) is 6.65. The van der Waals surface area contributed by atoms with Gasteiger partial charge in [0, 0.05) is 44.6 Å². The van der Waals surface area contributed by atoms with Crippen LogP contribution in [0.4, 0.5) is 0 Å². The summed E-state index contributed by atoms with van der Waals surface area (Å²) >= 11 is 0. The van der Waals surface area contributed by atoms with Crippen molar-refractivity contribution in [2.24, 2.45) is 0 Å². The first kappa shape index (κ1) is 17.7. The van der Waals surface area contributed by atoms with E-state index in [0.29, 0.717) is 12.6 Å². The summed E-state index contributed by atoms with van der Waals surface area (Å²) in [6.45, 7) is 6.69. The number of benzene rings is 1. The molecule has 1 unspecified atom stereocenters. The van der Waals surface area contributed by atoms with E-state index in [4.69, 9.17) is 9.47 Å². The molecule has 1 N–H and O–H groups in total. The number of aromatic nitrogens is 1. The lowest BCUT2D eigenvalue weighted by atomic mass is 10.0. The summed E-state index contributed by atoms with van der Waals surface area (Å²) in [7, 11) is 1.68. The van der Waals surface area contributed by atoms with E-state index in [0.717, 1.165) is 44.1 Å². The Hall–Kier alpha value is -2.11. The van der Waals surface area contributed by atoms with Gasteiger partial charge >= 0.3 is 0 Å². The maximum atomic E-state index is 5.85. The Bertz CT molecular complexity index is 663. The Balaban J connectivity index is 1.77. The fourth-order valence-corrected chi connectivity index (χ4v) is 3.23. The topological polar surface area (TPSA) is 46.6 Å². The monoisotopic (exact) mass is 341 g/mol. The molecule has 25 heavy (non-hydrogen) atoms. The van der Waals surface area contributed by atoms with Gasteiger partial charge in [-0.25, -0.2) is 0 Å². The molecule has 1 aromatic heterocycles. The second-order valence-electron chi connectivity index (χ2n) is 6.30. The second-order valence-corrected chi connectivity index (χ2v) is 6.30. The lowest BCUT2D eigenvalue weighted by molar-refractivity contribution is 0.153. The van der Waals surface area contributed by atoms with Crippen molar-refractivity contribution >= 4 is 0 Å². The highest BCUT2D eigenvalue weighted by Gasteiger charge is 2.24. The van der Waals surface area contributed by atoms with Crippen LogP contribution in [0.3, 0.4) is 0 Å². The molecule has 0 saturated carbocycles. The molecule has 2 aromatic rings. The highest BCUT2D eigenvalue weighted by molar-refractivity contribution is 5.43. The van der Waals surface area contributed by atoms with E-state index in [2.05, 4.69) is 46.4 Å². The summed E-state index contributed by atoms with van der Waals surface area (Å²) < 4.78 is 11.3. The SMILES string of the molecule is CCCOc1cc(CN2CCNCC2c2ccncc2)ccc1OC. The Kier molecular flexibility index (Phi) is 6.25. The van der Waals surface area contributed by atoms with E-state index >= 15 is 0 Å². The van der Waals surface area contributed by atoms with Crippen molar-refractivity contribution in [2.75, 3.05) is 33.4 Å². The van der Waals surface area contributed by atoms with Crippen LogP contribution in [0.2, 0.25) is 0 Å². The molecule has 5 nitrogen and oxygen atoms in total. The van der Waals surface area contributed by atoms with Crippen LogP contribution in [0.5, 0.6) is 11.5 Å². The van der Waals surface area contributed by atoms with Crippen LogP contribution >= 0.6 is 0 Å². The molecule has 1 atom stereocenters. The van der Waals surface area contributed by atoms with Crippen LogP contribution in [0.1, 0.15) is 30.5 Å². The molecule has 0 aliphatic carbocycles. The van der Waals surface area contributed by atoms with Crippen LogP contribution < -0.4 is 14.8 Å². The highest BCUT2D eigenvalue weighted by atomic mass is 16.5. The van der Waals surface area contributed by atoms with Crippen molar-refractivity contribution in [3.8, 4) is 11.5 Å². The number of methoxy groups -OCH3 is 1. The van der Waals surface area contributed by atoms with Gasteiger partial charge in [-0.1, -0.05) is 13.0 Å².